The molecule has 68 valence electrons. The van der Waals surface area contributed by atoms with E-state index in [2.05, 4.69) is 15.9 Å². The van der Waals surface area contributed by atoms with Crippen molar-refractivity contribution in [1.29, 1.82) is 0 Å². The number of halogens is 1. The van der Waals surface area contributed by atoms with Crippen molar-refractivity contribution in [3.63, 3.8) is 0 Å². The molecule has 0 aromatic heterocycles. The summed E-state index contributed by atoms with van der Waals surface area (Å²) in [5.41, 5.74) is 0.291. The maximum Gasteiger partial charge on any atom is 0.238 e. The molecule has 0 radical (unpaired) electrons. The van der Waals surface area contributed by atoms with Crippen molar-refractivity contribution in [2.75, 3.05) is 5.45 Å². The lowest BCUT2D eigenvalue weighted by Gasteiger charge is -2.08. The molecule has 13 heavy (non-hydrogen) atoms. The van der Waals surface area contributed by atoms with Crippen LogP contribution in [0.2, 0.25) is 0 Å². The Kier molecular flexibility index (Phi) is 2.07. The zero-order chi connectivity index (χ0) is 9.42. The molecule has 2 unspecified atom stereocenters. The molecule has 0 bridgehead atoms. The summed E-state index contributed by atoms with van der Waals surface area (Å²) in [5, 5.41) is 0. The van der Waals surface area contributed by atoms with Gasteiger partial charge in [0.05, 0.1) is 17.3 Å². The SMILES string of the molecule is O=C1C2C=CC=CC2C(=O)N1CBr. The van der Waals surface area contributed by atoms with Crippen LogP contribution in [0.25, 0.3) is 0 Å². The van der Waals surface area contributed by atoms with Gasteiger partial charge in [-0.05, 0) is 0 Å². The van der Waals surface area contributed by atoms with Gasteiger partial charge in [-0.2, -0.15) is 0 Å². The maximum absolute atomic E-state index is 11.6. The van der Waals surface area contributed by atoms with E-state index in [0.29, 0.717) is 5.45 Å². The molecule has 0 N–H and O–H groups in total. The Morgan fingerprint density at radius 2 is 1.62 bits per heavy atom. The number of hydrogen-bond acceptors (Lipinski definition) is 2. The van der Waals surface area contributed by atoms with Crippen LogP contribution < -0.4 is 0 Å². The number of fused-ring (bicyclic) bond motifs is 1. The minimum absolute atomic E-state index is 0.104. The average Bonchev–Trinajstić information content (AvgIpc) is 2.41. The Morgan fingerprint density at radius 1 is 1.15 bits per heavy atom. The van der Waals surface area contributed by atoms with Gasteiger partial charge in [0.1, 0.15) is 0 Å². The lowest BCUT2D eigenvalue weighted by molar-refractivity contribution is -0.138. The fraction of sp³-hybridized carbons (Fsp3) is 0.333. The minimum Gasteiger partial charge on any atom is -0.274 e. The number of amides is 2. The molecule has 1 saturated heterocycles. The Labute approximate surface area is 84.2 Å². The molecule has 1 aliphatic carbocycles. The Bertz CT molecular complexity index is 292. The standard InChI is InChI=1S/C9H8BrNO2/c10-5-11-8(12)6-3-1-2-4-7(6)9(11)13/h1-4,6-7H,5H2. The van der Waals surface area contributed by atoms with Crippen LogP contribution >= 0.6 is 15.9 Å². The summed E-state index contributed by atoms with van der Waals surface area (Å²) in [6.45, 7) is 0. The van der Waals surface area contributed by atoms with E-state index >= 15 is 0 Å². The van der Waals surface area contributed by atoms with Crippen molar-refractivity contribution in [2.45, 2.75) is 0 Å². The first-order valence-corrected chi connectivity index (χ1v) is 5.14. The van der Waals surface area contributed by atoms with E-state index in [4.69, 9.17) is 0 Å². The topological polar surface area (TPSA) is 37.4 Å². The van der Waals surface area contributed by atoms with Gasteiger partial charge in [0.15, 0.2) is 0 Å². The van der Waals surface area contributed by atoms with Crippen LogP contribution in [0.15, 0.2) is 24.3 Å². The van der Waals surface area contributed by atoms with E-state index in [1.165, 1.54) is 4.90 Å². The second-order valence-corrected chi connectivity index (χ2v) is 3.55. The smallest absolute Gasteiger partial charge is 0.238 e. The molecule has 0 aromatic carbocycles. The van der Waals surface area contributed by atoms with Crippen LogP contribution in [-0.2, 0) is 9.59 Å². The first-order chi connectivity index (χ1) is 6.25. The molecule has 2 amide bonds. The number of allylic oxidation sites excluding steroid dienone is 2. The Morgan fingerprint density at radius 3 is 2.00 bits per heavy atom. The number of alkyl halides is 1. The fourth-order valence-corrected chi connectivity index (χ4v) is 2.16. The Balaban J connectivity index is 2.35. The molecule has 2 atom stereocenters. The average molecular weight is 242 g/mol. The highest BCUT2D eigenvalue weighted by Crippen LogP contribution is 2.31. The molecule has 1 fully saturated rings. The summed E-state index contributed by atoms with van der Waals surface area (Å²) >= 11 is 3.13. The lowest BCUT2D eigenvalue weighted by Crippen LogP contribution is -2.29. The van der Waals surface area contributed by atoms with Gasteiger partial charge in [-0.25, -0.2) is 0 Å². The third-order valence-corrected chi connectivity index (χ3v) is 2.86. The number of imide groups is 1. The molecule has 2 rings (SSSR count). The minimum atomic E-state index is -0.268. The summed E-state index contributed by atoms with van der Waals surface area (Å²) < 4.78 is 0. The van der Waals surface area contributed by atoms with Crippen molar-refractivity contribution in [3.05, 3.63) is 24.3 Å². The van der Waals surface area contributed by atoms with Gasteiger partial charge < -0.3 is 0 Å². The summed E-state index contributed by atoms with van der Waals surface area (Å²) in [6, 6.07) is 0. The second kappa shape index (κ2) is 3.10. The second-order valence-electron chi connectivity index (χ2n) is 3.05. The molecular weight excluding hydrogens is 234 g/mol. The van der Waals surface area contributed by atoms with Gasteiger partial charge in [-0.15, -0.1) is 0 Å². The van der Waals surface area contributed by atoms with E-state index in [-0.39, 0.29) is 23.7 Å². The van der Waals surface area contributed by atoms with E-state index in [1.54, 1.807) is 12.2 Å². The summed E-state index contributed by atoms with van der Waals surface area (Å²) in [7, 11) is 0. The van der Waals surface area contributed by atoms with Crippen molar-refractivity contribution in [2.24, 2.45) is 11.8 Å². The monoisotopic (exact) mass is 241 g/mol. The Hall–Kier alpha value is -0.900. The highest BCUT2D eigenvalue weighted by molar-refractivity contribution is 9.09. The molecule has 0 spiro atoms. The van der Waals surface area contributed by atoms with E-state index < -0.39 is 0 Å². The van der Waals surface area contributed by atoms with Crippen LogP contribution in [0.5, 0.6) is 0 Å². The molecule has 1 heterocycles. The summed E-state index contributed by atoms with van der Waals surface area (Å²) in [6.07, 6.45) is 7.19. The highest BCUT2D eigenvalue weighted by atomic mass is 79.9. The lowest BCUT2D eigenvalue weighted by atomic mass is 9.91. The molecule has 2 aliphatic rings. The summed E-state index contributed by atoms with van der Waals surface area (Å²) in [5.74, 6) is -0.745. The quantitative estimate of drug-likeness (QED) is 0.391. The van der Waals surface area contributed by atoms with E-state index in [0.717, 1.165) is 0 Å². The third-order valence-electron chi connectivity index (χ3n) is 2.36. The van der Waals surface area contributed by atoms with Gasteiger partial charge in [0, 0.05) is 0 Å². The van der Waals surface area contributed by atoms with Crippen molar-refractivity contribution in [3.8, 4) is 0 Å². The number of carbonyl (C=O) groups is 2. The zero-order valence-electron chi connectivity index (χ0n) is 6.81. The maximum atomic E-state index is 11.6. The highest BCUT2D eigenvalue weighted by Gasteiger charge is 2.44. The van der Waals surface area contributed by atoms with Gasteiger partial charge in [-0.1, -0.05) is 40.2 Å². The van der Waals surface area contributed by atoms with E-state index in [1.807, 2.05) is 12.2 Å². The van der Waals surface area contributed by atoms with Crippen LogP contribution in [0, 0.1) is 11.8 Å². The van der Waals surface area contributed by atoms with Crippen LogP contribution in [0.3, 0.4) is 0 Å². The third kappa shape index (κ3) is 1.16. The molecule has 1 aliphatic heterocycles. The predicted molar refractivity (Wildman–Crippen MR) is 50.9 cm³/mol. The van der Waals surface area contributed by atoms with Crippen LogP contribution in [0.4, 0.5) is 0 Å². The van der Waals surface area contributed by atoms with Gasteiger partial charge in [0.2, 0.25) is 11.8 Å². The molecular formula is C9H8BrNO2. The van der Waals surface area contributed by atoms with Crippen molar-refractivity contribution >= 4 is 27.7 Å². The number of rotatable bonds is 1. The van der Waals surface area contributed by atoms with Gasteiger partial charge in [0.25, 0.3) is 0 Å². The molecule has 4 heteroatoms. The first kappa shape index (κ1) is 8.69. The van der Waals surface area contributed by atoms with Crippen LogP contribution in [0.1, 0.15) is 0 Å². The largest absolute Gasteiger partial charge is 0.274 e. The number of likely N-dealkylation sites (tertiary alicyclic amines) is 1. The van der Waals surface area contributed by atoms with Crippen LogP contribution in [-0.4, -0.2) is 22.2 Å². The number of carbonyl (C=O) groups excluding carboxylic acids is 2. The summed E-state index contributed by atoms with van der Waals surface area (Å²) in [4.78, 5) is 24.4. The first-order valence-electron chi connectivity index (χ1n) is 4.02. The zero-order valence-corrected chi connectivity index (χ0v) is 8.40. The van der Waals surface area contributed by atoms with Gasteiger partial charge >= 0.3 is 0 Å². The van der Waals surface area contributed by atoms with Gasteiger partial charge in [-0.3, -0.25) is 14.5 Å². The molecule has 0 saturated carbocycles. The van der Waals surface area contributed by atoms with E-state index in [9.17, 15) is 9.59 Å². The predicted octanol–water partition coefficient (Wildman–Crippen LogP) is 1.07. The normalized spacial score (nSPS) is 31.3. The van der Waals surface area contributed by atoms with Crippen molar-refractivity contribution < 1.29 is 9.59 Å². The van der Waals surface area contributed by atoms with Crippen molar-refractivity contribution in [1.82, 2.24) is 4.90 Å². The fourth-order valence-electron chi connectivity index (χ4n) is 1.67. The molecule has 3 nitrogen and oxygen atoms in total. The number of hydrogen-bond donors (Lipinski definition) is 0. The molecule has 0 aromatic rings. The number of nitrogens with zero attached hydrogens (tertiary/aromatic N) is 1.